The van der Waals surface area contributed by atoms with Gasteiger partial charge in [0.05, 0.1) is 25.3 Å². The van der Waals surface area contributed by atoms with Crippen molar-refractivity contribution in [2.45, 2.75) is 119 Å². The third kappa shape index (κ3) is 5.28. The number of fused-ring (bicyclic) bond motifs is 2. The molecule has 0 heterocycles. The van der Waals surface area contributed by atoms with Crippen molar-refractivity contribution in [1.29, 1.82) is 0 Å². The van der Waals surface area contributed by atoms with Crippen molar-refractivity contribution in [3.8, 4) is 0 Å². The summed E-state index contributed by atoms with van der Waals surface area (Å²) in [7, 11) is 2.79. The number of benzene rings is 2. The van der Waals surface area contributed by atoms with Gasteiger partial charge in [-0.25, -0.2) is 9.59 Å². The Morgan fingerprint density at radius 2 is 0.789 bits per heavy atom. The molecule has 208 valence electrons. The van der Waals surface area contributed by atoms with Gasteiger partial charge >= 0.3 is 11.9 Å². The lowest BCUT2D eigenvalue weighted by molar-refractivity contribution is 0.0553. The van der Waals surface area contributed by atoms with Gasteiger partial charge in [0.15, 0.2) is 0 Å². The minimum atomic E-state index is -0.448. The average molecular weight is 521 g/mol. The molecule has 38 heavy (non-hydrogen) atoms. The van der Waals surface area contributed by atoms with Crippen LogP contribution in [-0.2, 0) is 60.8 Å². The molecule has 0 bridgehead atoms. The summed E-state index contributed by atoms with van der Waals surface area (Å²) in [6, 6.07) is 0. The minimum Gasteiger partial charge on any atom is -0.465 e. The second-order valence-electron chi connectivity index (χ2n) is 10.6. The number of esters is 2. The van der Waals surface area contributed by atoms with E-state index in [4.69, 9.17) is 9.47 Å². The lowest BCUT2D eigenvalue weighted by Crippen LogP contribution is -2.25. The molecular weight excluding hydrogens is 472 g/mol. The average Bonchev–Trinajstić information content (AvgIpc) is 2.93. The monoisotopic (exact) mass is 520 g/mol. The highest BCUT2D eigenvalue weighted by Gasteiger charge is 2.34. The summed E-state index contributed by atoms with van der Waals surface area (Å²) in [5.74, 6) is -0.896. The highest BCUT2D eigenvalue weighted by molar-refractivity contribution is 6.06. The van der Waals surface area contributed by atoms with Crippen molar-refractivity contribution < 1.29 is 19.1 Å². The SMILES string of the molecule is CCCc1c(CCC)c(CCC)c2c(c1CCC)Cc1c(c(CC)c(C(=O)OC)c(C(=O)OC)c1CC)C2. The Morgan fingerprint density at radius 3 is 1.05 bits per heavy atom. The maximum absolute atomic E-state index is 13.2. The molecule has 0 N–H and O–H groups in total. The van der Waals surface area contributed by atoms with Gasteiger partial charge < -0.3 is 9.47 Å². The van der Waals surface area contributed by atoms with Crippen molar-refractivity contribution >= 4 is 11.9 Å². The molecule has 3 rings (SSSR count). The maximum atomic E-state index is 13.2. The maximum Gasteiger partial charge on any atom is 0.339 e. The van der Waals surface area contributed by atoms with E-state index in [2.05, 4.69) is 41.5 Å². The number of rotatable bonds is 12. The summed E-state index contributed by atoms with van der Waals surface area (Å²) >= 11 is 0. The zero-order chi connectivity index (χ0) is 28.0. The van der Waals surface area contributed by atoms with Gasteiger partial charge in [-0.3, -0.25) is 0 Å². The van der Waals surface area contributed by atoms with E-state index in [1.54, 1.807) is 22.3 Å². The van der Waals surface area contributed by atoms with E-state index in [9.17, 15) is 9.59 Å². The molecule has 0 spiro atoms. The van der Waals surface area contributed by atoms with Crippen molar-refractivity contribution in [2.24, 2.45) is 0 Å². The first-order chi connectivity index (χ1) is 18.4. The Labute approximate surface area is 230 Å². The highest BCUT2D eigenvalue weighted by Crippen LogP contribution is 2.43. The van der Waals surface area contributed by atoms with Crippen LogP contribution in [0.25, 0.3) is 0 Å². The van der Waals surface area contributed by atoms with E-state index < -0.39 is 11.9 Å². The fourth-order valence-electron chi connectivity index (χ4n) is 6.91. The molecule has 2 aromatic rings. The standard InChI is InChI=1S/C34H48O4/c1-9-15-23-24(16-10-2)26(18-12-4)30-20-28-22(14-6)32(34(36)38-8)31(33(35)37-7)21(13-5)27(28)19-29(30)25(23)17-11-3/h9-20H2,1-8H3. The first-order valence-corrected chi connectivity index (χ1v) is 14.9. The number of methoxy groups -OCH3 is 2. The summed E-state index contributed by atoms with van der Waals surface area (Å²) in [6.07, 6.45) is 11.9. The number of hydrogen-bond acceptors (Lipinski definition) is 4. The van der Waals surface area contributed by atoms with E-state index in [-0.39, 0.29) is 0 Å². The van der Waals surface area contributed by atoms with Gasteiger partial charge in [-0.05, 0) is 107 Å². The third-order valence-corrected chi connectivity index (χ3v) is 8.33. The minimum absolute atomic E-state index is 0.406. The molecule has 0 unspecified atom stereocenters. The molecular formula is C34H48O4. The van der Waals surface area contributed by atoms with Crippen LogP contribution in [0.1, 0.15) is 144 Å². The summed E-state index contributed by atoms with van der Waals surface area (Å²) in [5, 5.41) is 0. The van der Waals surface area contributed by atoms with Crippen LogP contribution in [0.4, 0.5) is 0 Å². The van der Waals surface area contributed by atoms with Gasteiger partial charge in [0, 0.05) is 0 Å². The molecule has 0 fully saturated rings. The van der Waals surface area contributed by atoms with Crippen LogP contribution in [0.3, 0.4) is 0 Å². The first kappa shape index (κ1) is 29.9. The normalized spacial score (nSPS) is 12.2. The topological polar surface area (TPSA) is 52.6 Å². The third-order valence-electron chi connectivity index (χ3n) is 8.33. The molecule has 0 saturated carbocycles. The fourth-order valence-corrected chi connectivity index (χ4v) is 6.91. The van der Waals surface area contributed by atoms with Gasteiger partial charge in [-0.2, -0.15) is 0 Å². The van der Waals surface area contributed by atoms with Crippen molar-refractivity contribution in [3.05, 3.63) is 66.8 Å². The Kier molecular flexibility index (Phi) is 10.6. The van der Waals surface area contributed by atoms with Gasteiger partial charge in [0.1, 0.15) is 0 Å². The van der Waals surface area contributed by atoms with Crippen LogP contribution < -0.4 is 0 Å². The van der Waals surface area contributed by atoms with Crippen LogP contribution in [-0.4, -0.2) is 26.2 Å². The molecule has 0 aromatic heterocycles. The molecule has 4 nitrogen and oxygen atoms in total. The van der Waals surface area contributed by atoms with Crippen LogP contribution in [0, 0.1) is 0 Å². The molecule has 0 atom stereocenters. The van der Waals surface area contributed by atoms with Crippen LogP contribution in [0.2, 0.25) is 0 Å². The summed E-state index contributed by atoms with van der Waals surface area (Å²) in [4.78, 5) is 26.3. The van der Waals surface area contributed by atoms with E-state index in [1.807, 2.05) is 0 Å². The lowest BCUT2D eigenvalue weighted by Gasteiger charge is -2.34. The Balaban J connectivity index is 2.49. The second kappa shape index (κ2) is 13.4. The Hall–Kier alpha value is -2.62. The Morgan fingerprint density at radius 1 is 0.500 bits per heavy atom. The van der Waals surface area contributed by atoms with Gasteiger partial charge in [-0.15, -0.1) is 0 Å². The Bertz CT molecular complexity index is 1100. The van der Waals surface area contributed by atoms with E-state index in [0.29, 0.717) is 24.0 Å². The number of carbonyl (C=O) groups is 2. The number of hydrogen-bond donors (Lipinski definition) is 0. The largest absolute Gasteiger partial charge is 0.465 e. The fraction of sp³-hybridized carbons (Fsp3) is 0.588. The van der Waals surface area contributed by atoms with Crippen molar-refractivity contribution in [1.82, 2.24) is 0 Å². The highest BCUT2D eigenvalue weighted by atomic mass is 16.5. The molecule has 0 amide bonds. The molecule has 0 saturated heterocycles. The summed E-state index contributed by atoms with van der Waals surface area (Å²) in [5.41, 5.74) is 14.4. The first-order valence-electron chi connectivity index (χ1n) is 14.9. The van der Waals surface area contributed by atoms with Gasteiger partial charge in [0.25, 0.3) is 0 Å². The predicted molar refractivity (Wildman–Crippen MR) is 156 cm³/mol. The smallest absolute Gasteiger partial charge is 0.339 e. The van der Waals surface area contributed by atoms with Crippen LogP contribution >= 0.6 is 0 Å². The van der Waals surface area contributed by atoms with E-state index in [0.717, 1.165) is 75.3 Å². The zero-order valence-corrected chi connectivity index (χ0v) is 25.1. The van der Waals surface area contributed by atoms with Gasteiger partial charge in [0.2, 0.25) is 0 Å². The second-order valence-corrected chi connectivity index (χ2v) is 10.6. The van der Waals surface area contributed by atoms with Crippen molar-refractivity contribution in [2.75, 3.05) is 14.2 Å². The lowest BCUT2D eigenvalue weighted by atomic mass is 9.70. The van der Waals surface area contributed by atoms with Crippen molar-refractivity contribution in [3.63, 3.8) is 0 Å². The zero-order valence-electron chi connectivity index (χ0n) is 25.1. The molecule has 2 aromatic carbocycles. The molecule has 1 aliphatic carbocycles. The molecule has 0 radical (unpaired) electrons. The number of ether oxygens (including phenoxy) is 2. The summed E-state index contributed by atoms with van der Waals surface area (Å²) in [6.45, 7) is 13.3. The van der Waals surface area contributed by atoms with Crippen LogP contribution in [0.5, 0.6) is 0 Å². The van der Waals surface area contributed by atoms with Crippen LogP contribution in [0.15, 0.2) is 0 Å². The quantitative estimate of drug-likeness (QED) is 0.230. The predicted octanol–water partition coefficient (Wildman–Crippen LogP) is 7.69. The molecule has 1 aliphatic rings. The summed E-state index contributed by atoms with van der Waals surface area (Å²) < 4.78 is 10.5. The molecule has 4 heteroatoms. The van der Waals surface area contributed by atoms with E-state index in [1.165, 1.54) is 36.5 Å². The molecule has 0 aliphatic heterocycles. The van der Waals surface area contributed by atoms with Gasteiger partial charge in [-0.1, -0.05) is 67.2 Å². The number of carbonyl (C=O) groups excluding carboxylic acids is 2. The van der Waals surface area contributed by atoms with E-state index >= 15 is 0 Å².